The van der Waals surface area contributed by atoms with Gasteiger partial charge in [0.2, 0.25) is 0 Å². The largest absolute Gasteiger partial charge is 0.494 e. The molecule has 0 spiro atoms. The molecule has 2 atom stereocenters. The van der Waals surface area contributed by atoms with E-state index in [0.29, 0.717) is 24.3 Å². The van der Waals surface area contributed by atoms with E-state index in [-0.39, 0.29) is 18.0 Å². The Bertz CT molecular complexity index is 1410. The number of nitrogens with one attached hydrogen (secondary N) is 2. The van der Waals surface area contributed by atoms with Crippen LogP contribution in [0.25, 0.3) is 22.2 Å². The van der Waals surface area contributed by atoms with Crippen LogP contribution in [0, 0.1) is 11.6 Å². The van der Waals surface area contributed by atoms with Crippen molar-refractivity contribution in [3.8, 4) is 17.0 Å². The maximum atomic E-state index is 13.9. The lowest BCUT2D eigenvalue weighted by atomic mass is 10.0. The molecule has 4 aromatic rings. The van der Waals surface area contributed by atoms with Crippen molar-refractivity contribution in [3.05, 3.63) is 95.6 Å². The van der Waals surface area contributed by atoms with Crippen molar-refractivity contribution in [3.63, 3.8) is 0 Å². The number of halogens is 2. The SMILES string of the molecule is CCOc1ccc(-c2cc(C(=O)N[C@@H]3CC[C@H](NCc4ccc(F)cc4F)C3)c3ccccc3n2)cc1. The Labute approximate surface area is 214 Å². The van der Waals surface area contributed by atoms with E-state index in [4.69, 9.17) is 9.72 Å². The van der Waals surface area contributed by atoms with E-state index in [9.17, 15) is 13.6 Å². The molecule has 5 nitrogen and oxygen atoms in total. The molecule has 2 N–H and O–H groups in total. The number of benzene rings is 3. The highest BCUT2D eigenvalue weighted by atomic mass is 19.1. The lowest BCUT2D eigenvalue weighted by Crippen LogP contribution is -2.35. The molecule has 0 radical (unpaired) electrons. The van der Waals surface area contributed by atoms with Crippen molar-refractivity contribution in [1.29, 1.82) is 0 Å². The Hall–Kier alpha value is -3.84. The Balaban J connectivity index is 1.29. The molecule has 0 bridgehead atoms. The molecule has 1 aliphatic carbocycles. The van der Waals surface area contributed by atoms with Crippen LogP contribution in [-0.2, 0) is 6.54 Å². The molecule has 190 valence electrons. The van der Waals surface area contributed by atoms with Crippen molar-refractivity contribution in [2.75, 3.05) is 6.61 Å². The third-order valence-corrected chi connectivity index (χ3v) is 6.79. The number of hydrogen-bond donors (Lipinski definition) is 2. The van der Waals surface area contributed by atoms with Crippen molar-refractivity contribution in [2.24, 2.45) is 0 Å². The first-order valence-electron chi connectivity index (χ1n) is 12.6. The molecule has 1 amide bonds. The van der Waals surface area contributed by atoms with Gasteiger partial charge in [-0.3, -0.25) is 4.79 Å². The number of amides is 1. The third kappa shape index (κ3) is 5.78. The monoisotopic (exact) mass is 501 g/mol. The zero-order chi connectivity index (χ0) is 25.8. The number of nitrogens with zero attached hydrogens (tertiary/aromatic N) is 1. The lowest BCUT2D eigenvalue weighted by Gasteiger charge is -2.16. The second-order valence-corrected chi connectivity index (χ2v) is 9.33. The normalized spacial score (nSPS) is 17.2. The summed E-state index contributed by atoms with van der Waals surface area (Å²) in [5, 5.41) is 7.33. The Morgan fingerprint density at radius 3 is 2.57 bits per heavy atom. The predicted octanol–water partition coefficient (Wildman–Crippen LogP) is 6.02. The summed E-state index contributed by atoms with van der Waals surface area (Å²) in [5.41, 5.74) is 3.39. The molecule has 3 aromatic carbocycles. The van der Waals surface area contributed by atoms with Crippen LogP contribution in [0.3, 0.4) is 0 Å². The standard InChI is InChI=1S/C30H29F2N3O2/c1-2-37-24-13-8-19(9-14-24)29-17-26(25-5-3-4-6-28(25)35-29)30(36)34-23-12-11-22(16-23)33-18-20-7-10-21(31)15-27(20)32/h3-10,13-15,17,22-23,33H,2,11-12,16,18H2,1H3,(H,34,36)/t22-,23+/m0/s1. The van der Waals surface area contributed by atoms with Gasteiger partial charge in [-0.15, -0.1) is 0 Å². The first kappa shape index (κ1) is 24.8. The molecule has 0 saturated heterocycles. The summed E-state index contributed by atoms with van der Waals surface area (Å²) in [7, 11) is 0. The van der Waals surface area contributed by atoms with E-state index in [1.807, 2.05) is 61.5 Å². The Morgan fingerprint density at radius 2 is 1.78 bits per heavy atom. The number of carbonyl (C=O) groups is 1. The number of hydrogen-bond acceptors (Lipinski definition) is 4. The number of carbonyl (C=O) groups excluding carboxylic acids is 1. The van der Waals surface area contributed by atoms with E-state index in [1.165, 1.54) is 12.1 Å². The summed E-state index contributed by atoms with van der Waals surface area (Å²) in [6.07, 6.45) is 2.43. The van der Waals surface area contributed by atoms with Gasteiger partial charge < -0.3 is 15.4 Å². The highest BCUT2D eigenvalue weighted by molar-refractivity contribution is 6.07. The molecule has 0 unspecified atom stereocenters. The van der Waals surface area contributed by atoms with Gasteiger partial charge in [0.05, 0.1) is 23.4 Å². The minimum Gasteiger partial charge on any atom is -0.494 e. The van der Waals surface area contributed by atoms with Gasteiger partial charge in [0.25, 0.3) is 5.91 Å². The second kappa shape index (κ2) is 11.0. The number of pyridine rings is 1. The van der Waals surface area contributed by atoms with Crippen LogP contribution in [0.5, 0.6) is 5.75 Å². The minimum atomic E-state index is -0.584. The van der Waals surface area contributed by atoms with E-state index in [0.717, 1.165) is 53.2 Å². The van der Waals surface area contributed by atoms with E-state index in [1.54, 1.807) is 0 Å². The van der Waals surface area contributed by atoms with Crippen molar-refractivity contribution in [1.82, 2.24) is 15.6 Å². The third-order valence-electron chi connectivity index (χ3n) is 6.79. The van der Waals surface area contributed by atoms with Crippen molar-refractivity contribution >= 4 is 16.8 Å². The molecule has 0 aliphatic heterocycles. The van der Waals surface area contributed by atoms with Crippen LogP contribution in [-0.4, -0.2) is 29.6 Å². The van der Waals surface area contributed by atoms with Gasteiger partial charge >= 0.3 is 0 Å². The molecule has 1 fully saturated rings. The smallest absolute Gasteiger partial charge is 0.252 e. The van der Waals surface area contributed by atoms with Gasteiger partial charge in [0, 0.05) is 41.2 Å². The van der Waals surface area contributed by atoms with Crippen LogP contribution in [0.4, 0.5) is 8.78 Å². The van der Waals surface area contributed by atoms with Crippen LogP contribution >= 0.6 is 0 Å². The quantitative estimate of drug-likeness (QED) is 0.310. The average molecular weight is 502 g/mol. The zero-order valence-corrected chi connectivity index (χ0v) is 20.6. The van der Waals surface area contributed by atoms with Crippen LogP contribution in [0.1, 0.15) is 42.1 Å². The number of fused-ring (bicyclic) bond motifs is 1. The molecule has 7 heteroatoms. The van der Waals surface area contributed by atoms with E-state index < -0.39 is 11.6 Å². The maximum Gasteiger partial charge on any atom is 0.252 e. The van der Waals surface area contributed by atoms with Crippen LogP contribution in [0.2, 0.25) is 0 Å². The average Bonchev–Trinajstić information content (AvgIpc) is 3.35. The Morgan fingerprint density at radius 1 is 1.00 bits per heavy atom. The molecule has 37 heavy (non-hydrogen) atoms. The first-order valence-corrected chi connectivity index (χ1v) is 12.6. The Kier molecular flexibility index (Phi) is 7.42. The molecule has 1 saturated carbocycles. The summed E-state index contributed by atoms with van der Waals surface area (Å²) in [4.78, 5) is 18.2. The molecular formula is C30H29F2N3O2. The van der Waals surface area contributed by atoms with E-state index >= 15 is 0 Å². The second-order valence-electron chi connectivity index (χ2n) is 9.33. The van der Waals surface area contributed by atoms with Gasteiger partial charge in [-0.05, 0) is 68.7 Å². The van der Waals surface area contributed by atoms with Gasteiger partial charge in [-0.2, -0.15) is 0 Å². The van der Waals surface area contributed by atoms with E-state index in [2.05, 4.69) is 10.6 Å². The molecule has 1 aliphatic rings. The fourth-order valence-corrected chi connectivity index (χ4v) is 4.88. The summed E-state index contributed by atoms with van der Waals surface area (Å²) >= 11 is 0. The van der Waals surface area contributed by atoms with Gasteiger partial charge in [0.1, 0.15) is 17.4 Å². The predicted molar refractivity (Wildman–Crippen MR) is 140 cm³/mol. The molecule has 1 aromatic heterocycles. The highest BCUT2D eigenvalue weighted by Crippen LogP contribution is 2.27. The van der Waals surface area contributed by atoms with Gasteiger partial charge in [-0.25, -0.2) is 13.8 Å². The fourth-order valence-electron chi connectivity index (χ4n) is 4.88. The molecule has 5 rings (SSSR count). The summed E-state index contributed by atoms with van der Waals surface area (Å²) < 4.78 is 32.6. The number of para-hydroxylation sites is 1. The maximum absolute atomic E-state index is 13.9. The summed E-state index contributed by atoms with van der Waals surface area (Å²) in [5.74, 6) is -0.486. The summed E-state index contributed by atoms with van der Waals surface area (Å²) in [6, 6.07) is 20.9. The first-order chi connectivity index (χ1) is 18.0. The highest BCUT2D eigenvalue weighted by Gasteiger charge is 2.27. The zero-order valence-electron chi connectivity index (χ0n) is 20.6. The van der Waals surface area contributed by atoms with Gasteiger partial charge in [0.15, 0.2) is 0 Å². The van der Waals surface area contributed by atoms with Gasteiger partial charge in [-0.1, -0.05) is 24.3 Å². The molecular weight excluding hydrogens is 472 g/mol. The fraction of sp³-hybridized carbons (Fsp3) is 0.267. The summed E-state index contributed by atoms with van der Waals surface area (Å²) in [6.45, 7) is 2.86. The lowest BCUT2D eigenvalue weighted by molar-refractivity contribution is 0.0939. The van der Waals surface area contributed by atoms with Crippen LogP contribution < -0.4 is 15.4 Å². The molecule has 1 heterocycles. The van der Waals surface area contributed by atoms with Crippen LogP contribution in [0.15, 0.2) is 72.8 Å². The number of ether oxygens (including phenoxy) is 1. The number of rotatable bonds is 8. The van der Waals surface area contributed by atoms with Crippen molar-refractivity contribution in [2.45, 2.75) is 44.8 Å². The topological polar surface area (TPSA) is 63.2 Å². The minimum absolute atomic E-state index is 0.00363. The number of aromatic nitrogens is 1. The van der Waals surface area contributed by atoms with Crippen molar-refractivity contribution < 1.29 is 18.3 Å².